The molecule has 3 heterocycles. The van der Waals surface area contributed by atoms with Crippen LogP contribution in [0.15, 0.2) is 103 Å². The van der Waals surface area contributed by atoms with Crippen LogP contribution in [-0.4, -0.2) is 293 Å². The average molecular weight is 1860 g/mol. The number of nitrogens with two attached hydrogens (primary N) is 1. The van der Waals surface area contributed by atoms with E-state index >= 15 is 0 Å². The zero-order valence-corrected chi connectivity index (χ0v) is 76.3. The number of unbranched alkanes of at least 4 members (excludes halogenated alkanes) is 3. The van der Waals surface area contributed by atoms with Crippen molar-refractivity contribution < 1.29 is 106 Å². The number of thioether (sulfide) groups is 3. The first-order valence-corrected chi connectivity index (χ1v) is 46.8. The van der Waals surface area contributed by atoms with E-state index in [1.807, 2.05) is 105 Å². The van der Waals surface area contributed by atoms with Crippen molar-refractivity contribution in [2.24, 2.45) is 5.73 Å². The number of imide groups is 3. The number of rotatable bonds is 63. The van der Waals surface area contributed by atoms with Crippen molar-refractivity contribution in [3.05, 3.63) is 120 Å². The van der Waals surface area contributed by atoms with Gasteiger partial charge in [-0.05, 0) is 87.8 Å². The molecule has 0 saturated carbocycles. The second kappa shape index (κ2) is 58.1. The molecule has 10 atom stereocenters. The molecule has 3 aromatic rings. The fraction of sp³-hybridized carbons (Fsp3) is 0.568. The standard InChI is InChI=1S/C88H126N16O22S3/c1-6-23-57(3)95-83(120)65(32-19-22-41-91-72(109)35-44-102-76(113)33-34-77(102)114)100-84(121)63(96-58(4)106)30-17-21-40-92-73(110)36-45-103-78(115)52-69(86(103)123)127-54-66(80(89)117)101-85(122)64(31-18-20-39-90-71(108)7-2)98-75(112)38-48-125-50-51-126-49-43-94-81(118)67(97-59(5)107)55-128-70-53-79(116)104(87(70)124)46-37-74(111)99-68(82(119)93-42-47-105)56-129-88(60-24-11-8-12-25-60,61-26-13-9-14-27-61)62-28-15-10-16-29-62/h8-16,24-29,33-34,57,63-70,80,105,117H,6-7,17-23,30-32,35-56,89H2,1-5H3,(H,90,108)(H,91,109)(H,92,110)(H,93,119)(H,94,118)(H,95,120)(H,96,106)(H,97,107)(H,98,112)(H,99,111)(H,100,121)(H,101,122). The predicted octanol–water partition coefficient (Wildman–Crippen LogP) is -0.0236. The van der Waals surface area contributed by atoms with Gasteiger partial charge in [0.05, 0.1) is 54.3 Å². The second-order valence-corrected chi connectivity index (χ2v) is 34.8. The molecule has 10 unspecified atom stereocenters. The number of nitrogens with one attached hydrogen (secondary N) is 12. The van der Waals surface area contributed by atoms with Gasteiger partial charge in [0, 0.05) is 147 Å². The Kier molecular flexibility index (Phi) is 48.2. The Morgan fingerprint density at radius 3 is 1.33 bits per heavy atom. The summed E-state index contributed by atoms with van der Waals surface area (Å²) < 4.78 is 10.4. The third kappa shape index (κ3) is 37.4. The van der Waals surface area contributed by atoms with Crippen LogP contribution >= 0.6 is 35.3 Å². The smallest absolute Gasteiger partial charge is 0.253 e. The number of carbonyl (C=O) groups excluding carboxylic acids is 18. The summed E-state index contributed by atoms with van der Waals surface area (Å²) in [6.07, 6.45) is 3.70. The Hall–Kier alpha value is -10.7. The van der Waals surface area contributed by atoms with Gasteiger partial charge < -0.3 is 89.2 Å². The molecule has 38 nitrogen and oxygen atoms in total. The topological polar surface area (TPSA) is 546 Å². The lowest BCUT2D eigenvalue weighted by Crippen LogP contribution is -2.55. The van der Waals surface area contributed by atoms with Gasteiger partial charge in [-0.15, -0.1) is 35.3 Å². The first kappa shape index (κ1) is 107. The highest BCUT2D eigenvalue weighted by Gasteiger charge is 2.43. The third-order valence-electron chi connectivity index (χ3n) is 21.0. The van der Waals surface area contributed by atoms with Gasteiger partial charge in [-0.25, -0.2) is 0 Å². The molecule has 3 aromatic carbocycles. The Morgan fingerprint density at radius 1 is 0.442 bits per heavy atom. The fourth-order valence-electron chi connectivity index (χ4n) is 14.1. The molecule has 0 aliphatic carbocycles. The maximum Gasteiger partial charge on any atom is 0.253 e. The molecule has 0 bridgehead atoms. The normalized spacial score (nSPS) is 16.2. The highest BCUT2D eigenvalue weighted by Crippen LogP contribution is 2.49. The fourth-order valence-corrected chi connectivity index (χ4v) is 18.1. The van der Waals surface area contributed by atoms with Gasteiger partial charge in [-0.1, -0.05) is 111 Å². The Morgan fingerprint density at radius 2 is 0.853 bits per heavy atom. The number of aliphatic hydroxyl groups excluding tert-OH is 2. The van der Waals surface area contributed by atoms with E-state index < -0.39 is 152 Å². The van der Waals surface area contributed by atoms with Crippen molar-refractivity contribution in [1.82, 2.24) is 78.5 Å². The summed E-state index contributed by atoms with van der Waals surface area (Å²) in [7, 11) is 0. The van der Waals surface area contributed by atoms with Gasteiger partial charge in [0.25, 0.3) is 11.8 Å². The van der Waals surface area contributed by atoms with Gasteiger partial charge in [0.1, 0.15) is 36.4 Å². The first-order valence-electron chi connectivity index (χ1n) is 43.7. The number of benzene rings is 3. The van der Waals surface area contributed by atoms with Gasteiger partial charge in [0.15, 0.2) is 0 Å². The van der Waals surface area contributed by atoms with Crippen LogP contribution in [0.1, 0.15) is 167 Å². The molecule has 708 valence electrons. The van der Waals surface area contributed by atoms with Crippen molar-refractivity contribution in [3.8, 4) is 0 Å². The molecule has 0 aromatic heterocycles. The number of hydrogen-bond acceptors (Lipinski definition) is 26. The SMILES string of the molecule is CCCC(C)NC(=O)C(CCCCNC(=O)CCN1C(=O)C=CC1=O)NC(=O)C(CCCCNC(=O)CCN1C(=O)CC(SCC(NC(=O)C(CCCCNC(=O)CC)NC(=O)CCOCCOCCNC(=O)C(CSC2CC(=O)N(CCC(=O)NC(CSC(c3ccccc3)(c3ccccc3)c3ccccc3)C(=O)NCCO)C2=O)NC(C)=O)C(N)O)C1=O)NC(C)=O. The van der Waals surface area contributed by atoms with Gasteiger partial charge in [0.2, 0.25) is 94.5 Å². The van der Waals surface area contributed by atoms with E-state index in [2.05, 4.69) is 63.8 Å². The molecule has 3 aliphatic rings. The zero-order chi connectivity index (χ0) is 94.2. The summed E-state index contributed by atoms with van der Waals surface area (Å²) in [5.74, 6) is -9.67. The van der Waals surface area contributed by atoms with Crippen LogP contribution in [0.2, 0.25) is 0 Å². The van der Waals surface area contributed by atoms with Crippen LogP contribution in [0, 0.1) is 0 Å². The Bertz CT molecular complexity index is 4160. The Labute approximate surface area is 764 Å². The lowest BCUT2D eigenvalue weighted by atomic mass is 9.84. The first-order chi connectivity index (χ1) is 61.9. The van der Waals surface area contributed by atoms with Crippen LogP contribution in [0.5, 0.6) is 0 Å². The predicted molar refractivity (Wildman–Crippen MR) is 482 cm³/mol. The van der Waals surface area contributed by atoms with Crippen LogP contribution in [0.3, 0.4) is 0 Å². The molecule has 129 heavy (non-hydrogen) atoms. The number of amides is 18. The number of nitrogens with zero attached hydrogens (tertiary/aromatic N) is 3. The lowest BCUT2D eigenvalue weighted by molar-refractivity contribution is -0.140. The largest absolute Gasteiger partial charge is 0.395 e. The molecular weight excluding hydrogens is 1730 g/mol. The minimum atomic E-state index is -1.67. The van der Waals surface area contributed by atoms with Crippen LogP contribution in [0.25, 0.3) is 0 Å². The molecule has 2 fully saturated rings. The average Bonchev–Trinajstić information content (AvgIpc) is 1.27. The highest BCUT2D eigenvalue weighted by molar-refractivity contribution is 8.01. The summed E-state index contributed by atoms with van der Waals surface area (Å²) >= 11 is 3.37. The molecule has 18 amide bonds. The van der Waals surface area contributed by atoms with Crippen LogP contribution in [-0.2, 0) is 101 Å². The molecule has 41 heteroatoms. The molecule has 0 radical (unpaired) electrons. The number of aliphatic hydroxyl groups is 2. The van der Waals surface area contributed by atoms with Crippen LogP contribution in [0.4, 0.5) is 0 Å². The van der Waals surface area contributed by atoms with Crippen molar-refractivity contribution >= 4 is 142 Å². The number of carbonyl (C=O) groups is 18. The molecule has 6 rings (SSSR count). The van der Waals surface area contributed by atoms with Gasteiger partial charge in [-0.3, -0.25) is 101 Å². The summed E-state index contributed by atoms with van der Waals surface area (Å²) in [5, 5.41) is 51.0. The second-order valence-electron chi connectivity index (χ2n) is 31.1. The zero-order valence-electron chi connectivity index (χ0n) is 73.8. The number of likely N-dealkylation sites (tertiary alicyclic amines) is 2. The maximum absolute atomic E-state index is 13.9. The molecule has 16 N–H and O–H groups in total. The molecule has 0 spiro atoms. The highest BCUT2D eigenvalue weighted by atomic mass is 32.2. The maximum atomic E-state index is 13.9. The van der Waals surface area contributed by atoms with E-state index in [0.29, 0.717) is 51.5 Å². The quantitative estimate of drug-likeness (QED) is 0.0153. The number of ether oxygens (including phenoxy) is 2. The van der Waals surface area contributed by atoms with E-state index in [1.165, 1.54) is 25.6 Å². The third-order valence-corrected chi connectivity index (χ3v) is 25.2. The minimum absolute atomic E-state index is 0.00653. The molecule has 2 saturated heterocycles. The lowest BCUT2D eigenvalue weighted by Gasteiger charge is -2.36. The summed E-state index contributed by atoms with van der Waals surface area (Å²) in [6.45, 7) is 7.46. The van der Waals surface area contributed by atoms with Crippen molar-refractivity contribution in [2.75, 3.05) is 103 Å². The number of hydrogen-bond donors (Lipinski definition) is 15. The van der Waals surface area contributed by atoms with E-state index in [4.69, 9.17) is 15.2 Å². The monoisotopic (exact) mass is 1850 g/mol. The summed E-state index contributed by atoms with van der Waals surface area (Å²) in [6, 6.07) is 22.4. The van der Waals surface area contributed by atoms with E-state index in [0.717, 1.165) is 73.5 Å². The van der Waals surface area contributed by atoms with E-state index in [1.54, 1.807) is 6.92 Å². The van der Waals surface area contributed by atoms with E-state index in [-0.39, 0.29) is 178 Å². The molecule has 3 aliphatic heterocycles. The Balaban J connectivity index is 0.886. The van der Waals surface area contributed by atoms with Crippen molar-refractivity contribution in [3.63, 3.8) is 0 Å². The van der Waals surface area contributed by atoms with Crippen molar-refractivity contribution in [2.45, 2.75) is 214 Å². The molecular formula is C88H126N16O22S3. The van der Waals surface area contributed by atoms with E-state index in [9.17, 15) is 96.5 Å². The van der Waals surface area contributed by atoms with Crippen LogP contribution < -0.4 is 69.5 Å². The summed E-state index contributed by atoms with van der Waals surface area (Å²) in [4.78, 5) is 238. The minimum Gasteiger partial charge on any atom is -0.395 e. The van der Waals surface area contributed by atoms with Gasteiger partial charge in [-0.2, -0.15) is 0 Å². The van der Waals surface area contributed by atoms with Crippen molar-refractivity contribution in [1.29, 1.82) is 0 Å². The van der Waals surface area contributed by atoms with Gasteiger partial charge >= 0.3 is 0 Å². The summed E-state index contributed by atoms with van der Waals surface area (Å²) in [5.41, 5.74) is 8.71.